The molecular weight excluding hydrogens is 521 g/mol. The monoisotopic (exact) mass is 550 g/mol. The molecule has 5 rings (SSSR count). The zero-order valence-corrected chi connectivity index (χ0v) is 21.9. The van der Waals surface area contributed by atoms with Crippen LogP contribution in [0, 0.1) is 0 Å². The number of carbonyl (C=O) groups excluding carboxylic acids is 1. The summed E-state index contributed by atoms with van der Waals surface area (Å²) in [5.74, 6) is 1.20. The average Bonchev–Trinajstić information content (AvgIpc) is 2.97. The second-order valence-electron chi connectivity index (χ2n) is 9.36. The van der Waals surface area contributed by atoms with Gasteiger partial charge in [-0.15, -0.1) is 0 Å². The smallest absolute Gasteiger partial charge is 0.433 e. The van der Waals surface area contributed by atoms with Crippen LogP contribution in [0.2, 0.25) is 0 Å². The number of hydrogen-bond acceptors (Lipinski definition) is 6. The summed E-state index contributed by atoms with van der Waals surface area (Å²) in [5.41, 5.74) is 1.25. The normalized spacial score (nSPS) is 14.2. The molecule has 1 saturated heterocycles. The van der Waals surface area contributed by atoms with Crippen LogP contribution in [0.3, 0.4) is 0 Å². The average molecular weight is 551 g/mol. The van der Waals surface area contributed by atoms with Gasteiger partial charge < -0.3 is 20.3 Å². The van der Waals surface area contributed by atoms with Gasteiger partial charge in [-0.25, -0.2) is 14.8 Å². The van der Waals surface area contributed by atoms with Gasteiger partial charge in [-0.3, -0.25) is 4.90 Å². The number of pyridine rings is 2. The van der Waals surface area contributed by atoms with Gasteiger partial charge in [-0.1, -0.05) is 42.5 Å². The first-order chi connectivity index (χ1) is 19.3. The van der Waals surface area contributed by atoms with Crippen LogP contribution in [-0.2, 0) is 6.18 Å². The third-order valence-electron chi connectivity index (χ3n) is 6.82. The van der Waals surface area contributed by atoms with Crippen LogP contribution in [0.4, 0.5) is 29.5 Å². The predicted octanol–water partition coefficient (Wildman–Crippen LogP) is 5.27. The molecule has 3 heterocycles. The van der Waals surface area contributed by atoms with Crippen LogP contribution >= 0.6 is 0 Å². The third kappa shape index (κ3) is 6.09. The van der Waals surface area contributed by atoms with Crippen molar-refractivity contribution in [2.24, 2.45) is 0 Å². The summed E-state index contributed by atoms with van der Waals surface area (Å²) in [6.45, 7) is 3.83. The molecule has 11 heteroatoms. The van der Waals surface area contributed by atoms with Crippen LogP contribution in [-0.4, -0.2) is 67.3 Å². The number of urea groups is 1. The van der Waals surface area contributed by atoms with Crippen molar-refractivity contribution < 1.29 is 22.7 Å². The number of benzene rings is 2. The minimum Gasteiger partial charge on any atom is -0.495 e. The molecule has 1 aliphatic heterocycles. The summed E-state index contributed by atoms with van der Waals surface area (Å²) >= 11 is 0. The number of fused-ring (bicyclic) bond motifs is 1. The lowest BCUT2D eigenvalue weighted by Gasteiger charge is -2.36. The number of methoxy groups -OCH3 is 1. The number of hydrogen-bond donors (Lipinski definition) is 2. The number of alkyl halides is 3. The van der Waals surface area contributed by atoms with E-state index in [9.17, 15) is 18.0 Å². The summed E-state index contributed by atoms with van der Waals surface area (Å²) in [6.07, 6.45) is -2.94. The highest BCUT2D eigenvalue weighted by atomic mass is 19.4. The molecule has 0 unspecified atom stereocenters. The Morgan fingerprint density at radius 1 is 0.975 bits per heavy atom. The lowest BCUT2D eigenvalue weighted by atomic mass is 10.0. The van der Waals surface area contributed by atoms with Crippen molar-refractivity contribution in [2.45, 2.75) is 6.18 Å². The maximum Gasteiger partial charge on any atom is 0.433 e. The molecule has 2 aromatic heterocycles. The fourth-order valence-electron chi connectivity index (χ4n) is 4.77. The van der Waals surface area contributed by atoms with Crippen molar-refractivity contribution in [3.05, 3.63) is 78.6 Å². The van der Waals surface area contributed by atoms with Gasteiger partial charge >= 0.3 is 12.2 Å². The number of aromatic nitrogens is 2. The Bertz CT molecular complexity index is 1470. The minimum absolute atomic E-state index is 0.277. The molecule has 0 atom stereocenters. The molecule has 0 radical (unpaired) electrons. The molecule has 40 heavy (non-hydrogen) atoms. The fraction of sp³-hybridized carbons (Fsp3) is 0.276. The van der Waals surface area contributed by atoms with Crippen molar-refractivity contribution in [3.8, 4) is 16.9 Å². The molecule has 0 spiro atoms. The van der Waals surface area contributed by atoms with E-state index in [-0.39, 0.29) is 11.5 Å². The predicted molar refractivity (Wildman–Crippen MR) is 149 cm³/mol. The van der Waals surface area contributed by atoms with Gasteiger partial charge in [0.25, 0.3) is 0 Å². The van der Waals surface area contributed by atoms with Gasteiger partial charge in [-0.2, -0.15) is 13.2 Å². The van der Waals surface area contributed by atoms with Gasteiger partial charge in [0.15, 0.2) is 0 Å². The lowest BCUT2D eigenvalue weighted by Crippen LogP contribution is -2.49. The maximum atomic E-state index is 13.5. The first-order valence-corrected chi connectivity index (χ1v) is 12.9. The van der Waals surface area contributed by atoms with E-state index in [2.05, 4.69) is 30.4 Å². The van der Waals surface area contributed by atoms with E-state index in [0.29, 0.717) is 67.5 Å². The highest BCUT2D eigenvalue weighted by Crippen LogP contribution is 2.36. The highest BCUT2D eigenvalue weighted by molar-refractivity contribution is 5.99. The van der Waals surface area contributed by atoms with Crippen molar-refractivity contribution in [3.63, 3.8) is 0 Å². The zero-order valence-electron chi connectivity index (χ0n) is 21.9. The lowest BCUT2D eigenvalue weighted by molar-refractivity contribution is -0.140. The van der Waals surface area contributed by atoms with E-state index < -0.39 is 11.9 Å². The first-order valence-electron chi connectivity index (χ1n) is 12.9. The van der Waals surface area contributed by atoms with Gasteiger partial charge in [0.1, 0.15) is 17.3 Å². The second-order valence-corrected chi connectivity index (χ2v) is 9.36. The van der Waals surface area contributed by atoms with Crippen molar-refractivity contribution in [1.82, 2.24) is 20.2 Å². The summed E-state index contributed by atoms with van der Waals surface area (Å²) in [7, 11) is 1.55. The Balaban J connectivity index is 1.24. The number of rotatable bonds is 7. The standard InChI is InChI=1S/C29H29F3N6O2/c1-40-24-10-6-5-9-23(24)35-28(39)33-13-14-37-15-17-38(18-16-37)27-21-11-12-25(29(30,31)32)36-26(21)22(19-34-27)20-7-3-2-4-8-20/h2-12,19H,13-18H2,1H3,(H2,33,35,39). The van der Waals surface area contributed by atoms with E-state index in [1.165, 1.54) is 6.07 Å². The molecule has 4 aromatic rings. The Kier molecular flexibility index (Phi) is 8.01. The summed E-state index contributed by atoms with van der Waals surface area (Å²) in [5, 5.41) is 6.23. The van der Waals surface area contributed by atoms with Crippen LogP contribution in [0.5, 0.6) is 5.75 Å². The summed E-state index contributed by atoms with van der Waals surface area (Å²) in [6, 6.07) is 18.5. The number of nitrogens with one attached hydrogen (secondary N) is 2. The topological polar surface area (TPSA) is 82.6 Å². The summed E-state index contributed by atoms with van der Waals surface area (Å²) in [4.78, 5) is 25.3. The molecule has 0 saturated carbocycles. The fourth-order valence-corrected chi connectivity index (χ4v) is 4.77. The maximum absolute atomic E-state index is 13.5. The number of halogens is 3. The molecule has 2 amide bonds. The van der Waals surface area contributed by atoms with Crippen LogP contribution in [0.15, 0.2) is 72.9 Å². The Hall–Kier alpha value is -4.38. The third-order valence-corrected chi connectivity index (χ3v) is 6.82. The minimum atomic E-state index is -4.55. The van der Waals surface area contributed by atoms with Crippen LogP contribution < -0.4 is 20.3 Å². The van der Waals surface area contributed by atoms with Crippen molar-refractivity contribution in [1.29, 1.82) is 0 Å². The van der Waals surface area contributed by atoms with Gasteiger partial charge in [-0.05, 0) is 29.8 Å². The van der Waals surface area contributed by atoms with Gasteiger partial charge in [0, 0.05) is 56.4 Å². The molecule has 208 valence electrons. The molecular formula is C29H29F3N6O2. The van der Waals surface area contributed by atoms with E-state index in [1.807, 2.05) is 42.5 Å². The Morgan fingerprint density at radius 3 is 2.42 bits per heavy atom. The van der Waals surface area contributed by atoms with E-state index in [0.717, 1.165) is 11.6 Å². The van der Waals surface area contributed by atoms with Gasteiger partial charge in [0.05, 0.1) is 18.3 Å². The van der Waals surface area contributed by atoms with E-state index in [4.69, 9.17) is 4.74 Å². The molecule has 0 aliphatic carbocycles. The molecule has 1 aliphatic rings. The SMILES string of the molecule is COc1ccccc1NC(=O)NCCN1CCN(c2ncc(-c3ccccc3)c3nc(C(F)(F)F)ccc23)CC1. The number of piperazine rings is 1. The highest BCUT2D eigenvalue weighted by Gasteiger charge is 2.33. The van der Waals surface area contributed by atoms with E-state index in [1.54, 1.807) is 25.4 Å². The molecule has 8 nitrogen and oxygen atoms in total. The Labute approximate surface area is 229 Å². The molecule has 0 bridgehead atoms. The summed E-state index contributed by atoms with van der Waals surface area (Å²) < 4.78 is 45.8. The number of anilines is 2. The molecule has 2 N–H and O–H groups in total. The number of ether oxygens (including phenoxy) is 1. The number of nitrogens with zero attached hydrogens (tertiary/aromatic N) is 4. The van der Waals surface area contributed by atoms with Crippen LogP contribution in [0.1, 0.15) is 5.69 Å². The second kappa shape index (κ2) is 11.8. The van der Waals surface area contributed by atoms with Crippen molar-refractivity contribution >= 4 is 28.4 Å². The first kappa shape index (κ1) is 27.2. The number of para-hydroxylation sites is 2. The van der Waals surface area contributed by atoms with Crippen molar-refractivity contribution in [2.75, 3.05) is 56.6 Å². The molecule has 1 fully saturated rings. The van der Waals surface area contributed by atoms with E-state index >= 15 is 0 Å². The van der Waals surface area contributed by atoms with Gasteiger partial charge in [0.2, 0.25) is 0 Å². The van der Waals surface area contributed by atoms with Crippen LogP contribution in [0.25, 0.3) is 22.0 Å². The number of amides is 2. The quantitative estimate of drug-likeness (QED) is 0.326. The molecule has 2 aromatic carbocycles. The largest absolute Gasteiger partial charge is 0.495 e. The Morgan fingerprint density at radius 2 is 1.70 bits per heavy atom. The zero-order chi connectivity index (χ0) is 28.1. The number of carbonyl (C=O) groups is 1.